The first-order chi connectivity index (χ1) is 9.26. The summed E-state index contributed by atoms with van der Waals surface area (Å²) in [7, 11) is 1.73. The highest BCUT2D eigenvalue weighted by atomic mass is 79.9. The van der Waals surface area contributed by atoms with Crippen LogP contribution in [0.3, 0.4) is 0 Å². The van der Waals surface area contributed by atoms with Gasteiger partial charge in [-0.15, -0.1) is 6.58 Å². The van der Waals surface area contributed by atoms with Gasteiger partial charge in [-0.1, -0.05) is 22.0 Å². The molecule has 4 heteroatoms. The number of methoxy groups -OCH3 is 1. The van der Waals surface area contributed by atoms with Crippen molar-refractivity contribution in [3.63, 3.8) is 0 Å². The summed E-state index contributed by atoms with van der Waals surface area (Å²) in [6.45, 7) is 8.12. The molecule has 1 aliphatic rings. The molecule has 1 atom stereocenters. The third-order valence-electron chi connectivity index (χ3n) is 3.53. The van der Waals surface area contributed by atoms with E-state index in [0.29, 0.717) is 6.04 Å². The molecule has 0 bridgehead atoms. The van der Waals surface area contributed by atoms with Gasteiger partial charge < -0.3 is 10.1 Å². The Bertz CT molecular complexity index is 430. The number of halogens is 1. The maximum absolute atomic E-state index is 5.52. The van der Waals surface area contributed by atoms with Crippen LogP contribution >= 0.6 is 15.9 Å². The van der Waals surface area contributed by atoms with E-state index >= 15 is 0 Å². The van der Waals surface area contributed by atoms with Crippen molar-refractivity contribution in [1.29, 1.82) is 0 Å². The second-order valence-electron chi connectivity index (χ2n) is 4.71. The van der Waals surface area contributed by atoms with Gasteiger partial charge in [0.2, 0.25) is 0 Å². The van der Waals surface area contributed by atoms with Crippen LogP contribution < -0.4 is 10.1 Å². The van der Waals surface area contributed by atoms with E-state index in [4.69, 9.17) is 4.74 Å². The van der Waals surface area contributed by atoms with Gasteiger partial charge in [-0.05, 0) is 24.6 Å². The van der Waals surface area contributed by atoms with E-state index in [0.717, 1.165) is 42.8 Å². The summed E-state index contributed by atoms with van der Waals surface area (Å²) in [5.74, 6) is 0.952. The van der Waals surface area contributed by atoms with Gasteiger partial charge in [0, 0.05) is 42.3 Å². The van der Waals surface area contributed by atoms with Crippen LogP contribution in [0.5, 0.6) is 5.75 Å². The SMILES string of the molecule is C=CC[C@@H](c1cc(Br)ccc1OC)N1CCNCC1. The topological polar surface area (TPSA) is 24.5 Å². The lowest BCUT2D eigenvalue weighted by molar-refractivity contribution is 0.171. The summed E-state index contributed by atoms with van der Waals surface area (Å²) in [4.78, 5) is 2.50. The average Bonchev–Trinajstić information content (AvgIpc) is 2.45. The number of nitrogens with one attached hydrogen (secondary N) is 1. The monoisotopic (exact) mass is 324 g/mol. The fourth-order valence-electron chi connectivity index (χ4n) is 2.59. The molecule has 3 nitrogen and oxygen atoms in total. The Labute approximate surface area is 123 Å². The van der Waals surface area contributed by atoms with Crippen LogP contribution in [-0.2, 0) is 0 Å². The van der Waals surface area contributed by atoms with Crippen molar-refractivity contribution in [3.8, 4) is 5.75 Å². The van der Waals surface area contributed by atoms with Gasteiger partial charge in [0.15, 0.2) is 0 Å². The number of hydrogen-bond acceptors (Lipinski definition) is 3. The minimum atomic E-state index is 0.340. The molecule has 1 aliphatic heterocycles. The molecule has 1 saturated heterocycles. The number of benzene rings is 1. The average molecular weight is 325 g/mol. The standard InChI is InChI=1S/C15H21BrN2O/c1-3-4-14(18-9-7-17-8-10-18)13-11-12(16)5-6-15(13)19-2/h3,5-6,11,14,17H,1,4,7-10H2,2H3/t14-/m0/s1. The maximum atomic E-state index is 5.52. The smallest absolute Gasteiger partial charge is 0.123 e. The summed E-state index contributed by atoms with van der Waals surface area (Å²) in [6.07, 6.45) is 2.93. The summed E-state index contributed by atoms with van der Waals surface area (Å²) in [5, 5.41) is 3.40. The van der Waals surface area contributed by atoms with Gasteiger partial charge in [-0.2, -0.15) is 0 Å². The van der Waals surface area contributed by atoms with E-state index in [-0.39, 0.29) is 0 Å². The van der Waals surface area contributed by atoms with Gasteiger partial charge in [0.25, 0.3) is 0 Å². The van der Waals surface area contributed by atoms with Gasteiger partial charge >= 0.3 is 0 Å². The minimum absolute atomic E-state index is 0.340. The van der Waals surface area contributed by atoms with Crippen molar-refractivity contribution in [2.45, 2.75) is 12.5 Å². The first-order valence-electron chi connectivity index (χ1n) is 6.65. The highest BCUT2D eigenvalue weighted by molar-refractivity contribution is 9.10. The van der Waals surface area contributed by atoms with E-state index in [2.05, 4.69) is 38.8 Å². The molecule has 1 fully saturated rings. The van der Waals surface area contributed by atoms with Crippen molar-refractivity contribution in [2.24, 2.45) is 0 Å². The Balaban J connectivity index is 2.31. The summed E-state index contributed by atoms with van der Waals surface area (Å²) < 4.78 is 6.61. The molecule has 0 radical (unpaired) electrons. The molecule has 0 aliphatic carbocycles. The third-order valence-corrected chi connectivity index (χ3v) is 4.03. The predicted octanol–water partition coefficient (Wildman–Crippen LogP) is 2.98. The molecule has 0 unspecified atom stereocenters. The van der Waals surface area contributed by atoms with Crippen molar-refractivity contribution in [2.75, 3.05) is 33.3 Å². The maximum Gasteiger partial charge on any atom is 0.123 e. The molecule has 0 amide bonds. The summed E-state index contributed by atoms with van der Waals surface area (Å²) in [5.41, 5.74) is 1.23. The molecule has 2 rings (SSSR count). The molecule has 0 saturated carbocycles. The Kier molecular flexibility index (Phi) is 5.43. The third kappa shape index (κ3) is 3.59. The van der Waals surface area contributed by atoms with E-state index in [9.17, 15) is 0 Å². The molecule has 19 heavy (non-hydrogen) atoms. The molecule has 0 spiro atoms. The van der Waals surface area contributed by atoms with E-state index < -0.39 is 0 Å². The lowest BCUT2D eigenvalue weighted by atomic mass is 10.00. The largest absolute Gasteiger partial charge is 0.496 e. The van der Waals surface area contributed by atoms with Crippen molar-refractivity contribution >= 4 is 15.9 Å². The zero-order valence-corrected chi connectivity index (χ0v) is 12.9. The molecule has 1 heterocycles. The second kappa shape index (κ2) is 7.08. The highest BCUT2D eigenvalue weighted by Crippen LogP contribution is 2.34. The molecular formula is C15H21BrN2O. The van der Waals surface area contributed by atoms with E-state index in [1.54, 1.807) is 7.11 Å². The van der Waals surface area contributed by atoms with Crippen molar-refractivity contribution < 1.29 is 4.74 Å². The van der Waals surface area contributed by atoms with Crippen molar-refractivity contribution in [1.82, 2.24) is 10.2 Å². The molecule has 0 aromatic heterocycles. The Morgan fingerprint density at radius 3 is 2.84 bits per heavy atom. The zero-order valence-electron chi connectivity index (χ0n) is 11.4. The fourth-order valence-corrected chi connectivity index (χ4v) is 2.97. The van der Waals surface area contributed by atoms with Crippen LogP contribution in [0.2, 0.25) is 0 Å². The van der Waals surface area contributed by atoms with Gasteiger partial charge in [-0.3, -0.25) is 4.90 Å². The van der Waals surface area contributed by atoms with E-state index in [1.165, 1.54) is 5.56 Å². The highest BCUT2D eigenvalue weighted by Gasteiger charge is 2.23. The first-order valence-corrected chi connectivity index (χ1v) is 7.44. The number of rotatable bonds is 5. The van der Waals surface area contributed by atoms with Gasteiger partial charge in [-0.25, -0.2) is 0 Å². The number of nitrogens with zero attached hydrogens (tertiary/aromatic N) is 1. The van der Waals surface area contributed by atoms with Crippen LogP contribution in [0, 0.1) is 0 Å². The second-order valence-corrected chi connectivity index (χ2v) is 5.63. The van der Waals surface area contributed by atoms with E-state index in [1.807, 2.05) is 18.2 Å². The van der Waals surface area contributed by atoms with Gasteiger partial charge in [0.05, 0.1) is 7.11 Å². The Morgan fingerprint density at radius 2 is 2.21 bits per heavy atom. The van der Waals surface area contributed by atoms with Crippen LogP contribution in [0.15, 0.2) is 35.3 Å². The summed E-state index contributed by atoms with van der Waals surface area (Å²) >= 11 is 3.56. The normalized spacial score (nSPS) is 18.0. The number of piperazine rings is 1. The first kappa shape index (κ1) is 14.6. The molecule has 1 aromatic carbocycles. The summed E-state index contributed by atoms with van der Waals surface area (Å²) in [6, 6.07) is 6.55. The van der Waals surface area contributed by atoms with Crippen LogP contribution in [-0.4, -0.2) is 38.2 Å². The zero-order chi connectivity index (χ0) is 13.7. The Hall–Kier alpha value is -0.840. The molecule has 1 N–H and O–H groups in total. The molecular weight excluding hydrogens is 304 g/mol. The fraction of sp³-hybridized carbons (Fsp3) is 0.467. The lowest BCUT2D eigenvalue weighted by Gasteiger charge is -2.35. The predicted molar refractivity (Wildman–Crippen MR) is 82.7 cm³/mol. The van der Waals surface area contributed by atoms with Crippen LogP contribution in [0.1, 0.15) is 18.0 Å². The molecule has 1 aromatic rings. The van der Waals surface area contributed by atoms with Crippen LogP contribution in [0.4, 0.5) is 0 Å². The Morgan fingerprint density at radius 1 is 1.47 bits per heavy atom. The lowest BCUT2D eigenvalue weighted by Crippen LogP contribution is -2.45. The number of hydrogen-bond donors (Lipinski definition) is 1. The quantitative estimate of drug-likeness (QED) is 0.843. The van der Waals surface area contributed by atoms with Crippen LogP contribution in [0.25, 0.3) is 0 Å². The van der Waals surface area contributed by atoms with Gasteiger partial charge in [0.1, 0.15) is 5.75 Å². The minimum Gasteiger partial charge on any atom is -0.496 e. The molecule has 104 valence electrons. The van der Waals surface area contributed by atoms with Crippen molar-refractivity contribution in [3.05, 3.63) is 40.9 Å². The number of ether oxygens (including phenoxy) is 1.